The maximum Gasteiger partial charge on any atom is 0.319 e. The molecule has 10 heteroatoms. The van der Waals surface area contributed by atoms with Crippen molar-refractivity contribution in [2.75, 3.05) is 25.0 Å². The number of sulfonamides is 1. The van der Waals surface area contributed by atoms with E-state index in [1.54, 1.807) is 22.9 Å². The number of nitrogens with zero attached hydrogens (tertiary/aromatic N) is 4. The SMILES string of the molecule is Cc1cccc(NC(=O)NCCn2nnc3cc(S(=O)(=O)N4CCCC4)ccc32)c1C. The maximum absolute atomic E-state index is 12.7. The number of nitrogens with one attached hydrogen (secondary N) is 2. The minimum Gasteiger partial charge on any atom is -0.336 e. The number of hydrogen-bond acceptors (Lipinski definition) is 5. The molecular formula is C21H26N6O3S. The molecule has 2 amide bonds. The van der Waals surface area contributed by atoms with Gasteiger partial charge < -0.3 is 10.6 Å². The first-order valence-electron chi connectivity index (χ1n) is 10.3. The van der Waals surface area contributed by atoms with Gasteiger partial charge in [0.15, 0.2) is 0 Å². The van der Waals surface area contributed by atoms with E-state index in [4.69, 9.17) is 0 Å². The predicted octanol–water partition coefficient (Wildman–Crippen LogP) is 2.65. The van der Waals surface area contributed by atoms with E-state index in [9.17, 15) is 13.2 Å². The Kier molecular flexibility index (Phi) is 5.92. The Morgan fingerprint density at radius 2 is 1.90 bits per heavy atom. The summed E-state index contributed by atoms with van der Waals surface area (Å²) in [5, 5.41) is 13.9. The number of hydrogen-bond donors (Lipinski definition) is 2. The molecule has 31 heavy (non-hydrogen) atoms. The number of benzene rings is 2. The van der Waals surface area contributed by atoms with Gasteiger partial charge in [0.25, 0.3) is 0 Å². The van der Waals surface area contributed by atoms with E-state index >= 15 is 0 Å². The number of urea groups is 1. The zero-order valence-electron chi connectivity index (χ0n) is 17.6. The lowest BCUT2D eigenvalue weighted by Crippen LogP contribution is -2.32. The quantitative estimate of drug-likeness (QED) is 0.610. The van der Waals surface area contributed by atoms with E-state index in [0.717, 1.165) is 35.2 Å². The van der Waals surface area contributed by atoms with Crippen molar-refractivity contribution in [3.05, 3.63) is 47.5 Å². The second-order valence-electron chi connectivity index (χ2n) is 7.70. The van der Waals surface area contributed by atoms with Crippen molar-refractivity contribution in [2.24, 2.45) is 0 Å². The Labute approximate surface area is 181 Å². The highest BCUT2D eigenvalue weighted by molar-refractivity contribution is 7.89. The van der Waals surface area contributed by atoms with Crippen LogP contribution in [0.4, 0.5) is 10.5 Å². The summed E-state index contributed by atoms with van der Waals surface area (Å²) in [7, 11) is -3.49. The first kappa shape index (κ1) is 21.3. The molecule has 1 aromatic heterocycles. The van der Waals surface area contributed by atoms with Gasteiger partial charge in [0.05, 0.1) is 17.0 Å². The van der Waals surface area contributed by atoms with Crippen LogP contribution in [0.5, 0.6) is 0 Å². The van der Waals surface area contributed by atoms with Crippen molar-refractivity contribution in [3.8, 4) is 0 Å². The average molecular weight is 443 g/mol. The summed E-state index contributed by atoms with van der Waals surface area (Å²) in [5.41, 5.74) is 4.14. The number of fused-ring (bicyclic) bond motifs is 1. The Balaban J connectivity index is 1.39. The Morgan fingerprint density at radius 3 is 2.68 bits per heavy atom. The molecule has 2 aromatic carbocycles. The molecule has 0 aliphatic carbocycles. The summed E-state index contributed by atoms with van der Waals surface area (Å²) >= 11 is 0. The Hall–Kier alpha value is -2.98. The summed E-state index contributed by atoms with van der Waals surface area (Å²) in [6.45, 7) is 5.84. The third kappa shape index (κ3) is 4.40. The van der Waals surface area contributed by atoms with Crippen LogP contribution in [0, 0.1) is 13.8 Å². The predicted molar refractivity (Wildman–Crippen MR) is 118 cm³/mol. The van der Waals surface area contributed by atoms with Crippen LogP contribution in [0.15, 0.2) is 41.3 Å². The van der Waals surface area contributed by atoms with Crippen molar-refractivity contribution >= 4 is 32.8 Å². The van der Waals surface area contributed by atoms with E-state index in [1.807, 2.05) is 32.0 Å². The lowest BCUT2D eigenvalue weighted by Gasteiger charge is -2.15. The van der Waals surface area contributed by atoms with Crippen LogP contribution in [0.1, 0.15) is 24.0 Å². The molecule has 9 nitrogen and oxygen atoms in total. The van der Waals surface area contributed by atoms with Crippen molar-refractivity contribution in [1.29, 1.82) is 0 Å². The number of rotatable bonds is 6. The van der Waals surface area contributed by atoms with Gasteiger partial charge in [-0.15, -0.1) is 5.10 Å². The monoisotopic (exact) mass is 442 g/mol. The topological polar surface area (TPSA) is 109 Å². The molecule has 0 bridgehead atoms. The average Bonchev–Trinajstić information content (AvgIpc) is 3.42. The van der Waals surface area contributed by atoms with Crippen LogP contribution < -0.4 is 10.6 Å². The van der Waals surface area contributed by atoms with E-state index in [2.05, 4.69) is 20.9 Å². The molecule has 1 fully saturated rings. The zero-order valence-corrected chi connectivity index (χ0v) is 18.4. The molecule has 3 aromatic rings. The fourth-order valence-corrected chi connectivity index (χ4v) is 5.22. The number of aromatic nitrogens is 3. The van der Waals surface area contributed by atoms with Gasteiger partial charge in [-0.25, -0.2) is 17.9 Å². The molecule has 0 atom stereocenters. The van der Waals surface area contributed by atoms with Crippen LogP contribution in [0.3, 0.4) is 0 Å². The van der Waals surface area contributed by atoms with Gasteiger partial charge in [-0.05, 0) is 62.1 Å². The van der Waals surface area contributed by atoms with Crippen LogP contribution in [0.25, 0.3) is 11.0 Å². The molecule has 0 unspecified atom stereocenters. The minimum absolute atomic E-state index is 0.236. The molecule has 4 rings (SSSR count). The molecule has 0 spiro atoms. The lowest BCUT2D eigenvalue weighted by atomic mass is 10.1. The van der Waals surface area contributed by atoms with Gasteiger partial charge in [0.2, 0.25) is 10.0 Å². The smallest absolute Gasteiger partial charge is 0.319 e. The van der Waals surface area contributed by atoms with Crippen molar-refractivity contribution < 1.29 is 13.2 Å². The van der Waals surface area contributed by atoms with E-state index in [-0.39, 0.29) is 10.9 Å². The van der Waals surface area contributed by atoms with Crippen molar-refractivity contribution in [3.63, 3.8) is 0 Å². The molecule has 164 valence electrons. The third-order valence-corrected chi connectivity index (χ3v) is 7.54. The zero-order chi connectivity index (χ0) is 22.0. The van der Waals surface area contributed by atoms with Gasteiger partial charge >= 0.3 is 6.03 Å². The third-order valence-electron chi connectivity index (χ3n) is 5.65. The van der Waals surface area contributed by atoms with Crippen LogP contribution in [-0.4, -0.2) is 53.4 Å². The fourth-order valence-electron chi connectivity index (χ4n) is 3.68. The molecule has 0 saturated carbocycles. The highest BCUT2D eigenvalue weighted by atomic mass is 32.2. The highest BCUT2D eigenvalue weighted by Gasteiger charge is 2.27. The summed E-state index contributed by atoms with van der Waals surface area (Å²) in [6.07, 6.45) is 1.78. The first-order valence-corrected chi connectivity index (χ1v) is 11.7. The molecular weight excluding hydrogens is 416 g/mol. The van der Waals surface area contributed by atoms with Gasteiger partial charge in [0.1, 0.15) is 5.52 Å². The van der Waals surface area contributed by atoms with Crippen LogP contribution in [0.2, 0.25) is 0 Å². The largest absolute Gasteiger partial charge is 0.336 e. The summed E-state index contributed by atoms with van der Waals surface area (Å²) in [5.74, 6) is 0. The number of carbonyl (C=O) groups is 1. The number of amides is 2. The Morgan fingerprint density at radius 1 is 1.13 bits per heavy atom. The molecule has 2 N–H and O–H groups in total. The van der Waals surface area contributed by atoms with Gasteiger partial charge in [-0.2, -0.15) is 4.31 Å². The molecule has 1 aliphatic rings. The highest BCUT2D eigenvalue weighted by Crippen LogP contribution is 2.23. The second kappa shape index (κ2) is 8.64. The molecule has 1 aliphatic heterocycles. The van der Waals surface area contributed by atoms with Gasteiger partial charge in [-0.1, -0.05) is 17.3 Å². The molecule has 2 heterocycles. The lowest BCUT2D eigenvalue weighted by molar-refractivity contribution is 0.251. The van der Waals surface area contributed by atoms with Gasteiger partial charge in [0, 0.05) is 25.3 Å². The fraction of sp³-hybridized carbons (Fsp3) is 0.381. The number of aryl methyl sites for hydroxylation is 1. The number of anilines is 1. The first-order chi connectivity index (χ1) is 14.9. The van der Waals surface area contributed by atoms with Gasteiger partial charge in [-0.3, -0.25) is 0 Å². The summed E-state index contributed by atoms with van der Waals surface area (Å²) in [4.78, 5) is 12.4. The Bertz CT molecular complexity index is 1220. The van der Waals surface area contributed by atoms with E-state index < -0.39 is 10.0 Å². The standard InChI is InChI=1S/C21H26N6O3S/c1-15-6-5-7-18(16(15)2)23-21(28)22-10-13-27-20-9-8-17(14-19(20)24-25-27)31(29,30)26-11-3-4-12-26/h5-9,14H,3-4,10-13H2,1-2H3,(H2,22,23,28). The second-order valence-corrected chi connectivity index (χ2v) is 9.64. The van der Waals surface area contributed by atoms with Crippen molar-refractivity contribution in [1.82, 2.24) is 24.6 Å². The minimum atomic E-state index is -3.49. The maximum atomic E-state index is 12.7. The summed E-state index contributed by atoms with van der Waals surface area (Å²) < 4.78 is 28.7. The normalized spacial score (nSPS) is 14.8. The number of carbonyl (C=O) groups excluding carboxylic acids is 1. The van der Waals surface area contributed by atoms with Crippen LogP contribution >= 0.6 is 0 Å². The van der Waals surface area contributed by atoms with E-state index in [0.29, 0.717) is 31.7 Å². The molecule has 0 radical (unpaired) electrons. The molecule has 1 saturated heterocycles. The van der Waals surface area contributed by atoms with Crippen LogP contribution in [-0.2, 0) is 16.6 Å². The van der Waals surface area contributed by atoms with E-state index in [1.165, 1.54) is 4.31 Å². The van der Waals surface area contributed by atoms with Crippen molar-refractivity contribution in [2.45, 2.75) is 38.1 Å². The summed E-state index contributed by atoms with van der Waals surface area (Å²) in [6, 6.07) is 10.3.